The molecule has 0 radical (unpaired) electrons. The van der Waals surface area contributed by atoms with E-state index >= 15 is 0 Å². The molecular formula is C28H37ClN8O. The Bertz CT molecular complexity index is 1330. The lowest BCUT2D eigenvalue weighted by Crippen LogP contribution is -2.38. The molecule has 1 saturated heterocycles. The van der Waals surface area contributed by atoms with Crippen LogP contribution in [-0.4, -0.2) is 76.5 Å². The molecule has 3 heterocycles. The topological polar surface area (TPSA) is 96.9 Å². The molecule has 0 spiro atoms. The second-order valence-corrected chi connectivity index (χ2v) is 9.59. The quantitative estimate of drug-likeness (QED) is 0.216. The van der Waals surface area contributed by atoms with Crippen molar-refractivity contribution in [3.8, 4) is 5.75 Å². The van der Waals surface area contributed by atoms with Crippen molar-refractivity contribution in [3.05, 3.63) is 58.6 Å². The van der Waals surface area contributed by atoms with E-state index in [9.17, 15) is 0 Å². The van der Waals surface area contributed by atoms with Gasteiger partial charge in [-0.3, -0.25) is 10.00 Å². The molecule has 1 aliphatic rings. The molecule has 3 aromatic rings. The highest BCUT2D eigenvalue weighted by Gasteiger charge is 2.28. The molecule has 38 heavy (non-hydrogen) atoms. The summed E-state index contributed by atoms with van der Waals surface area (Å²) in [5.41, 5.74) is 2.93. The number of rotatable bonds is 11. The van der Waals surface area contributed by atoms with Crippen LogP contribution in [0.2, 0.25) is 5.02 Å². The summed E-state index contributed by atoms with van der Waals surface area (Å²) in [4.78, 5) is 17.1. The molecule has 0 bridgehead atoms. The van der Waals surface area contributed by atoms with Crippen molar-refractivity contribution in [2.24, 2.45) is 9.98 Å². The lowest BCUT2D eigenvalue weighted by atomic mass is 10.2. The van der Waals surface area contributed by atoms with Crippen LogP contribution in [0.3, 0.4) is 0 Å². The smallest absolute Gasteiger partial charge is 0.181 e. The molecule has 1 atom stereocenters. The Morgan fingerprint density at radius 3 is 2.89 bits per heavy atom. The minimum atomic E-state index is 0.116. The number of aromatic nitrogens is 3. The van der Waals surface area contributed by atoms with E-state index in [2.05, 4.69) is 55.9 Å². The fourth-order valence-electron chi connectivity index (χ4n) is 4.83. The van der Waals surface area contributed by atoms with Crippen LogP contribution in [0.1, 0.15) is 38.6 Å². The van der Waals surface area contributed by atoms with Gasteiger partial charge in [-0.05, 0) is 64.4 Å². The molecule has 0 amide bonds. The zero-order valence-electron chi connectivity index (χ0n) is 22.6. The summed E-state index contributed by atoms with van der Waals surface area (Å²) >= 11 is 6.64. The third kappa shape index (κ3) is 6.46. The highest BCUT2D eigenvalue weighted by Crippen LogP contribution is 2.33. The number of likely N-dealkylation sites (tertiary alicyclic amines) is 1. The second-order valence-electron chi connectivity index (χ2n) is 9.21. The predicted molar refractivity (Wildman–Crippen MR) is 158 cm³/mol. The first-order valence-corrected chi connectivity index (χ1v) is 13.4. The van der Waals surface area contributed by atoms with Gasteiger partial charge in [-0.25, -0.2) is 9.98 Å². The fraction of sp³-hybridized carbons (Fsp3) is 0.393. The van der Waals surface area contributed by atoms with Gasteiger partial charge in [0.15, 0.2) is 12.5 Å². The van der Waals surface area contributed by atoms with E-state index in [1.807, 2.05) is 56.3 Å². The van der Waals surface area contributed by atoms with Crippen LogP contribution in [0.4, 0.5) is 5.82 Å². The Hall–Kier alpha value is -3.56. The van der Waals surface area contributed by atoms with Crippen LogP contribution in [-0.2, 0) is 0 Å². The highest BCUT2D eigenvalue weighted by molar-refractivity contribution is 6.37. The van der Waals surface area contributed by atoms with Crippen molar-refractivity contribution in [3.63, 3.8) is 0 Å². The number of hydrogen-bond acceptors (Lipinski definition) is 6. The van der Waals surface area contributed by atoms with Crippen LogP contribution < -0.4 is 10.1 Å². The number of ether oxygens (including phenoxy) is 1. The maximum atomic E-state index is 6.64. The van der Waals surface area contributed by atoms with Gasteiger partial charge in [0.2, 0.25) is 0 Å². The Kier molecular flexibility index (Phi) is 9.25. The molecule has 0 aliphatic carbocycles. The van der Waals surface area contributed by atoms with Gasteiger partial charge in [-0.2, -0.15) is 5.10 Å². The van der Waals surface area contributed by atoms with E-state index in [0.717, 1.165) is 60.7 Å². The van der Waals surface area contributed by atoms with E-state index in [0.29, 0.717) is 28.5 Å². The number of fused-ring (bicyclic) bond motifs is 1. The Balaban J connectivity index is 1.56. The zero-order valence-corrected chi connectivity index (χ0v) is 23.3. The van der Waals surface area contributed by atoms with Crippen molar-refractivity contribution in [2.45, 2.75) is 40.2 Å². The third-order valence-electron chi connectivity index (χ3n) is 6.74. The Morgan fingerprint density at radius 2 is 2.16 bits per heavy atom. The first-order chi connectivity index (χ1) is 18.4. The third-order valence-corrected chi connectivity index (χ3v) is 7.13. The minimum Gasteiger partial charge on any atom is -0.470 e. The van der Waals surface area contributed by atoms with Crippen molar-refractivity contribution >= 4 is 47.0 Å². The van der Waals surface area contributed by atoms with Gasteiger partial charge in [0.25, 0.3) is 0 Å². The number of aromatic amines is 2. The molecular weight excluding hydrogens is 500 g/mol. The maximum absolute atomic E-state index is 6.64. The van der Waals surface area contributed by atoms with Crippen molar-refractivity contribution < 1.29 is 4.74 Å². The average Bonchev–Trinajstić information content (AvgIpc) is 3.65. The summed E-state index contributed by atoms with van der Waals surface area (Å²) in [6, 6.07) is 8.24. The summed E-state index contributed by atoms with van der Waals surface area (Å²) in [5, 5.41) is 12.0. The van der Waals surface area contributed by atoms with E-state index in [-0.39, 0.29) is 6.73 Å². The molecule has 0 saturated carbocycles. The molecule has 10 heteroatoms. The van der Waals surface area contributed by atoms with E-state index in [1.165, 1.54) is 0 Å². The molecule has 1 aliphatic heterocycles. The van der Waals surface area contributed by atoms with Crippen LogP contribution in [0.15, 0.2) is 52.2 Å². The van der Waals surface area contributed by atoms with E-state index < -0.39 is 0 Å². The molecule has 1 fully saturated rings. The van der Waals surface area contributed by atoms with Crippen molar-refractivity contribution in [2.75, 3.05) is 38.2 Å². The summed E-state index contributed by atoms with van der Waals surface area (Å²) in [5.74, 6) is 2.57. The lowest BCUT2D eigenvalue weighted by molar-refractivity contribution is 0.223. The summed E-state index contributed by atoms with van der Waals surface area (Å²) < 4.78 is 6.03. The molecule has 1 aromatic carbocycles. The highest BCUT2D eigenvalue weighted by atomic mass is 35.5. The number of aliphatic imine (C=N–C) groups is 2. The van der Waals surface area contributed by atoms with Gasteiger partial charge < -0.3 is 19.9 Å². The normalized spacial score (nSPS) is 16.8. The number of hydrogen-bond donors (Lipinski definition) is 3. The van der Waals surface area contributed by atoms with Gasteiger partial charge in [0.1, 0.15) is 17.4 Å². The van der Waals surface area contributed by atoms with Gasteiger partial charge >= 0.3 is 0 Å². The average molecular weight is 537 g/mol. The number of allylic oxidation sites excluding steroid dienone is 1. The van der Waals surface area contributed by atoms with Crippen molar-refractivity contribution in [1.82, 2.24) is 25.0 Å². The van der Waals surface area contributed by atoms with Crippen LogP contribution >= 0.6 is 11.6 Å². The monoisotopic (exact) mass is 536 g/mol. The van der Waals surface area contributed by atoms with Crippen molar-refractivity contribution in [1.29, 1.82) is 0 Å². The van der Waals surface area contributed by atoms with Crippen LogP contribution in [0.25, 0.3) is 17.0 Å². The Morgan fingerprint density at radius 1 is 1.34 bits per heavy atom. The molecule has 202 valence electrons. The van der Waals surface area contributed by atoms with E-state index in [1.54, 1.807) is 0 Å². The Labute approximate surface area is 229 Å². The number of nitrogens with zero attached hydrogens (tertiary/aromatic N) is 5. The lowest BCUT2D eigenvalue weighted by Gasteiger charge is -2.26. The summed E-state index contributed by atoms with van der Waals surface area (Å²) in [6.07, 6.45) is 6.86. The number of benzene rings is 1. The van der Waals surface area contributed by atoms with Crippen LogP contribution in [0.5, 0.6) is 5.75 Å². The first-order valence-electron chi connectivity index (χ1n) is 13.0. The molecule has 1 unspecified atom stereocenters. The van der Waals surface area contributed by atoms with Gasteiger partial charge in [-0.1, -0.05) is 31.5 Å². The summed E-state index contributed by atoms with van der Waals surface area (Å²) in [6.45, 7) is 16.1. The van der Waals surface area contributed by atoms with Gasteiger partial charge in [0, 0.05) is 47.9 Å². The van der Waals surface area contributed by atoms with Gasteiger partial charge in [-0.15, -0.1) is 0 Å². The SMILES string of the molecule is C=N/C(=C\C(=N/COc1ccc2[nH]c(C)cc2c1Cl)N1CCC(N(CC)CC)C1)Nc1cc(/C=C/C)[nH]n1. The number of nitrogens with one attached hydrogen (secondary N) is 3. The molecule has 2 aromatic heterocycles. The number of aryl methyl sites for hydroxylation is 1. The number of anilines is 1. The largest absolute Gasteiger partial charge is 0.470 e. The summed E-state index contributed by atoms with van der Waals surface area (Å²) in [7, 11) is 0. The first kappa shape index (κ1) is 27.5. The standard InChI is InChI=1S/C28H37ClN8O/c1-6-9-20-15-26(35-34-20)33-25(30-5)16-27(37-13-12-21(17-37)36(7-2)8-3)31-18-38-24-11-10-23-22(28(24)29)14-19(4)32-23/h6,9-11,14-16,21,32H,5,7-8,12-13,17-18H2,1-4H3,(H2,33,34,35)/b9-6+,25-16+,31-27+. The van der Waals surface area contributed by atoms with E-state index in [4.69, 9.17) is 21.3 Å². The number of halogens is 1. The predicted octanol–water partition coefficient (Wildman–Crippen LogP) is 5.69. The molecule has 4 rings (SSSR count). The molecule has 9 nitrogen and oxygen atoms in total. The molecule has 3 N–H and O–H groups in total. The minimum absolute atomic E-state index is 0.116. The van der Waals surface area contributed by atoms with Gasteiger partial charge in [0.05, 0.1) is 10.7 Å². The maximum Gasteiger partial charge on any atom is 0.181 e. The van der Waals surface area contributed by atoms with Crippen LogP contribution in [0, 0.1) is 6.92 Å². The number of amidine groups is 1. The zero-order chi connectivity index (χ0) is 27.1. The number of likely N-dealkylation sites (N-methyl/N-ethyl adjacent to an activating group) is 1. The second kappa shape index (κ2) is 12.8. The number of H-pyrrole nitrogens is 2. The fourth-order valence-corrected chi connectivity index (χ4v) is 5.11.